The van der Waals surface area contributed by atoms with Crippen molar-refractivity contribution in [3.8, 4) is 0 Å². The Labute approximate surface area is 158 Å². The maximum atomic E-state index is 12.5. The van der Waals surface area contributed by atoms with Crippen molar-refractivity contribution in [3.63, 3.8) is 0 Å². The van der Waals surface area contributed by atoms with Gasteiger partial charge in [-0.15, -0.1) is 21.5 Å². The molecule has 0 aliphatic heterocycles. The Morgan fingerprint density at radius 3 is 2.85 bits per heavy atom. The van der Waals surface area contributed by atoms with Gasteiger partial charge in [-0.2, -0.15) is 4.68 Å². The standard InChI is InChI=1S/C16H18N6O2S2/c1-9-15(24)22(17)16(20-19-9)25-8-13(23)21(3)10(2)14-18-11-6-4-5-7-12(11)26-14/h4-7,10H,8,17H2,1-3H3/t10-/m0/s1. The van der Waals surface area contributed by atoms with Crippen molar-refractivity contribution in [1.29, 1.82) is 0 Å². The Morgan fingerprint density at radius 2 is 2.12 bits per heavy atom. The zero-order chi connectivity index (χ0) is 18.8. The van der Waals surface area contributed by atoms with Crippen LogP contribution in [0.5, 0.6) is 0 Å². The Bertz CT molecular complexity index is 982. The molecule has 0 radical (unpaired) electrons. The highest BCUT2D eigenvalue weighted by Crippen LogP contribution is 2.29. The first-order chi connectivity index (χ1) is 12.4. The summed E-state index contributed by atoms with van der Waals surface area (Å²) in [6, 6.07) is 7.71. The molecule has 3 aromatic rings. The Hall–Kier alpha value is -2.46. The normalized spacial score (nSPS) is 12.3. The summed E-state index contributed by atoms with van der Waals surface area (Å²) in [7, 11) is 1.73. The zero-order valence-corrected chi connectivity index (χ0v) is 16.2. The number of aryl methyl sites for hydroxylation is 1. The molecule has 2 aromatic heterocycles. The lowest BCUT2D eigenvalue weighted by Gasteiger charge is -2.23. The Balaban J connectivity index is 1.69. The molecular formula is C16H18N6O2S2. The number of carbonyl (C=O) groups excluding carboxylic acids is 1. The minimum absolute atomic E-state index is 0.0973. The fourth-order valence-electron chi connectivity index (χ4n) is 2.25. The molecule has 0 fully saturated rings. The number of thioether (sulfide) groups is 1. The molecule has 136 valence electrons. The van der Waals surface area contributed by atoms with Gasteiger partial charge in [-0.25, -0.2) is 4.98 Å². The van der Waals surface area contributed by atoms with E-state index in [-0.39, 0.29) is 28.6 Å². The molecule has 0 spiro atoms. The highest BCUT2D eigenvalue weighted by atomic mass is 32.2. The van der Waals surface area contributed by atoms with Crippen LogP contribution in [0, 0.1) is 6.92 Å². The lowest BCUT2D eigenvalue weighted by atomic mass is 10.3. The van der Waals surface area contributed by atoms with Gasteiger partial charge < -0.3 is 10.7 Å². The zero-order valence-electron chi connectivity index (χ0n) is 14.5. The number of hydrogen-bond acceptors (Lipinski definition) is 8. The van der Waals surface area contributed by atoms with Crippen molar-refractivity contribution >= 4 is 39.2 Å². The number of rotatable bonds is 5. The van der Waals surface area contributed by atoms with Crippen molar-refractivity contribution in [2.45, 2.75) is 25.0 Å². The molecule has 0 saturated carbocycles. The number of amides is 1. The lowest BCUT2D eigenvalue weighted by Crippen LogP contribution is -2.34. The summed E-state index contributed by atoms with van der Waals surface area (Å²) in [5, 5.41) is 8.70. The summed E-state index contributed by atoms with van der Waals surface area (Å²) in [6.45, 7) is 3.47. The van der Waals surface area contributed by atoms with E-state index in [1.54, 1.807) is 23.3 Å². The second-order valence-corrected chi connectivity index (χ2v) is 7.74. The largest absolute Gasteiger partial charge is 0.336 e. The van der Waals surface area contributed by atoms with Gasteiger partial charge in [0.15, 0.2) is 0 Å². The fourth-order valence-corrected chi connectivity index (χ4v) is 4.09. The number of nitrogens with two attached hydrogens (primary N) is 1. The summed E-state index contributed by atoms with van der Waals surface area (Å²) in [4.78, 5) is 30.5. The maximum absolute atomic E-state index is 12.5. The van der Waals surface area contributed by atoms with Crippen molar-refractivity contribution in [2.75, 3.05) is 18.6 Å². The number of hydrogen-bond donors (Lipinski definition) is 1. The number of carbonyl (C=O) groups is 1. The third-order valence-corrected chi connectivity index (χ3v) is 6.12. The summed E-state index contributed by atoms with van der Waals surface area (Å²) in [5.41, 5.74) is 0.715. The molecule has 3 rings (SSSR count). The van der Waals surface area contributed by atoms with Crippen LogP contribution < -0.4 is 11.4 Å². The molecule has 0 saturated heterocycles. The van der Waals surface area contributed by atoms with Crippen LogP contribution in [0.25, 0.3) is 10.2 Å². The topological polar surface area (TPSA) is 107 Å². The van der Waals surface area contributed by atoms with Crippen LogP contribution in [-0.4, -0.2) is 43.5 Å². The average Bonchev–Trinajstić information content (AvgIpc) is 3.08. The van der Waals surface area contributed by atoms with Gasteiger partial charge in [0.05, 0.1) is 22.0 Å². The van der Waals surface area contributed by atoms with E-state index in [0.29, 0.717) is 0 Å². The third-order valence-electron chi connectivity index (χ3n) is 3.99. The Morgan fingerprint density at radius 1 is 1.38 bits per heavy atom. The molecule has 1 atom stereocenters. The predicted octanol–water partition coefficient (Wildman–Crippen LogP) is 1.58. The average molecular weight is 390 g/mol. The lowest BCUT2D eigenvalue weighted by molar-refractivity contribution is -0.128. The molecule has 10 heteroatoms. The van der Waals surface area contributed by atoms with E-state index in [2.05, 4.69) is 15.2 Å². The second kappa shape index (κ2) is 7.42. The van der Waals surface area contributed by atoms with E-state index in [1.807, 2.05) is 31.2 Å². The first-order valence-electron chi connectivity index (χ1n) is 7.84. The smallest absolute Gasteiger partial charge is 0.294 e. The van der Waals surface area contributed by atoms with Gasteiger partial charge >= 0.3 is 0 Å². The van der Waals surface area contributed by atoms with Crippen LogP contribution in [0.2, 0.25) is 0 Å². The second-order valence-electron chi connectivity index (χ2n) is 5.73. The summed E-state index contributed by atoms with van der Waals surface area (Å²) >= 11 is 2.65. The van der Waals surface area contributed by atoms with Gasteiger partial charge in [0.25, 0.3) is 5.56 Å². The highest BCUT2D eigenvalue weighted by Gasteiger charge is 2.21. The van der Waals surface area contributed by atoms with E-state index in [0.717, 1.165) is 31.7 Å². The van der Waals surface area contributed by atoms with Gasteiger partial charge in [-0.1, -0.05) is 23.9 Å². The number of fused-ring (bicyclic) bond motifs is 1. The predicted molar refractivity (Wildman–Crippen MR) is 103 cm³/mol. The molecule has 0 bridgehead atoms. The molecule has 2 N–H and O–H groups in total. The van der Waals surface area contributed by atoms with Gasteiger partial charge in [0.2, 0.25) is 11.1 Å². The fraction of sp³-hybridized carbons (Fsp3) is 0.312. The minimum Gasteiger partial charge on any atom is -0.336 e. The van der Waals surface area contributed by atoms with Crippen molar-refractivity contribution in [2.24, 2.45) is 0 Å². The number of aromatic nitrogens is 4. The van der Waals surface area contributed by atoms with Crippen LogP contribution in [0.15, 0.2) is 34.2 Å². The molecule has 8 nitrogen and oxygen atoms in total. The Kier molecular flexibility index (Phi) is 5.23. The van der Waals surface area contributed by atoms with Crippen LogP contribution in [-0.2, 0) is 4.79 Å². The first kappa shape index (κ1) is 18.3. The molecule has 0 unspecified atom stereocenters. The quantitative estimate of drug-likeness (QED) is 0.520. The molecule has 26 heavy (non-hydrogen) atoms. The number of para-hydroxylation sites is 1. The summed E-state index contributed by atoms with van der Waals surface area (Å²) < 4.78 is 2.00. The first-order valence-corrected chi connectivity index (χ1v) is 9.64. The molecule has 1 aromatic carbocycles. The van der Waals surface area contributed by atoms with Crippen LogP contribution in [0.3, 0.4) is 0 Å². The highest BCUT2D eigenvalue weighted by molar-refractivity contribution is 7.99. The van der Waals surface area contributed by atoms with E-state index in [9.17, 15) is 9.59 Å². The SMILES string of the molecule is Cc1nnc(SCC(=O)N(C)[C@@H](C)c2nc3ccccc3s2)n(N)c1=O. The number of thiazole rings is 1. The van der Waals surface area contributed by atoms with Gasteiger partial charge in [-0.05, 0) is 26.0 Å². The molecule has 0 aliphatic rings. The molecule has 1 amide bonds. The van der Waals surface area contributed by atoms with Crippen LogP contribution >= 0.6 is 23.1 Å². The molecular weight excluding hydrogens is 372 g/mol. The van der Waals surface area contributed by atoms with Crippen LogP contribution in [0.4, 0.5) is 0 Å². The van der Waals surface area contributed by atoms with Gasteiger partial charge in [0, 0.05) is 7.05 Å². The number of nitrogens with zero attached hydrogens (tertiary/aromatic N) is 5. The van der Waals surface area contributed by atoms with E-state index in [1.165, 1.54) is 6.92 Å². The van der Waals surface area contributed by atoms with Gasteiger partial charge in [0.1, 0.15) is 10.7 Å². The minimum atomic E-state index is -0.425. The number of nitrogen functional groups attached to an aromatic ring is 1. The molecule has 0 aliphatic carbocycles. The maximum Gasteiger partial charge on any atom is 0.294 e. The van der Waals surface area contributed by atoms with Crippen molar-refractivity contribution in [1.82, 2.24) is 24.8 Å². The summed E-state index contributed by atoms with van der Waals surface area (Å²) in [5.74, 6) is 5.67. The van der Waals surface area contributed by atoms with Crippen molar-refractivity contribution in [3.05, 3.63) is 45.3 Å². The third kappa shape index (κ3) is 3.56. The van der Waals surface area contributed by atoms with E-state index < -0.39 is 5.56 Å². The van der Waals surface area contributed by atoms with E-state index >= 15 is 0 Å². The van der Waals surface area contributed by atoms with Gasteiger partial charge in [-0.3, -0.25) is 9.59 Å². The molecule has 2 heterocycles. The van der Waals surface area contributed by atoms with Crippen molar-refractivity contribution < 1.29 is 4.79 Å². The van der Waals surface area contributed by atoms with Crippen LogP contribution in [0.1, 0.15) is 23.7 Å². The van der Waals surface area contributed by atoms with E-state index in [4.69, 9.17) is 5.84 Å². The summed E-state index contributed by atoms with van der Waals surface area (Å²) in [6.07, 6.45) is 0. The number of benzene rings is 1. The monoisotopic (exact) mass is 390 g/mol.